The highest BCUT2D eigenvalue weighted by atomic mass is 31.0. The number of aliphatic imine (C=N–C) groups is 2. The Balaban J connectivity index is 0.000000330. The SMILES string of the molecule is CCC(C)COC.CN=CC(=N)c1cc(C(F)(F)P)nn1CC(C)(C)NC(=O)C(CC1=CN(C)CC=C1)NC(=O)C1CC1.CN=Cc1cc(-c2ccccc2)cnc1N. The number of amides is 2. The van der Waals surface area contributed by atoms with Crippen molar-refractivity contribution in [1.82, 2.24) is 30.3 Å². The number of aromatic nitrogens is 3. The molecule has 3 atom stereocenters. The number of allylic oxidation sites excluding steroid dienone is 1. The van der Waals surface area contributed by atoms with Crippen molar-refractivity contribution < 1.29 is 23.1 Å². The van der Waals surface area contributed by atoms with Gasteiger partial charge in [0.05, 0.1) is 23.5 Å². The number of nitrogens with one attached hydrogen (secondary N) is 3. The summed E-state index contributed by atoms with van der Waals surface area (Å²) in [4.78, 5) is 39.8. The maximum Gasteiger partial charge on any atom is 0.302 e. The van der Waals surface area contributed by atoms with Gasteiger partial charge in [0.1, 0.15) is 17.6 Å². The Labute approximate surface area is 349 Å². The molecule has 3 unspecified atom stereocenters. The predicted molar refractivity (Wildman–Crippen MR) is 237 cm³/mol. The van der Waals surface area contributed by atoms with Crippen LogP contribution in [0.25, 0.3) is 11.1 Å². The van der Waals surface area contributed by atoms with Gasteiger partial charge in [0.25, 0.3) is 0 Å². The lowest BCUT2D eigenvalue weighted by molar-refractivity contribution is -0.130. The van der Waals surface area contributed by atoms with Gasteiger partial charge in [0, 0.05) is 89.7 Å². The molecule has 2 aromatic heterocycles. The molecule has 0 saturated heterocycles. The molecule has 1 fully saturated rings. The number of carbonyl (C=O) groups is 2. The summed E-state index contributed by atoms with van der Waals surface area (Å²) in [5, 5.41) is 18.0. The minimum atomic E-state index is -3.27. The molecule has 3 aromatic rings. The van der Waals surface area contributed by atoms with Crippen LogP contribution in [0.2, 0.25) is 0 Å². The van der Waals surface area contributed by atoms with Gasteiger partial charge in [-0.3, -0.25) is 29.7 Å². The average molecular weight is 835 g/mol. The first-order valence-electron chi connectivity index (χ1n) is 19.6. The van der Waals surface area contributed by atoms with Crippen LogP contribution in [0, 0.1) is 17.2 Å². The van der Waals surface area contributed by atoms with Crippen molar-refractivity contribution in [2.24, 2.45) is 21.8 Å². The molecule has 16 heteroatoms. The van der Waals surface area contributed by atoms with Crippen molar-refractivity contribution in [3.63, 3.8) is 0 Å². The zero-order valence-electron chi connectivity index (χ0n) is 35.5. The second-order valence-electron chi connectivity index (χ2n) is 15.4. The molecule has 13 nitrogen and oxygen atoms in total. The Bertz CT molecular complexity index is 1970. The first kappa shape index (κ1) is 48.2. The van der Waals surface area contributed by atoms with Crippen molar-refractivity contribution in [2.45, 2.75) is 77.2 Å². The second-order valence-corrected chi connectivity index (χ2v) is 16.1. The molecule has 5 N–H and O–H groups in total. The number of alkyl halides is 2. The third-order valence-electron chi connectivity index (χ3n) is 9.27. The first-order chi connectivity index (χ1) is 27.9. The van der Waals surface area contributed by atoms with Crippen LogP contribution in [0.3, 0.4) is 0 Å². The largest absolute Gasteiger partial charge is 0.384 e. The number of hydrogen-bond donors (Lipinski definition) is 4. The monoisotopic (exact) mass is 834 g/mol. The summed E-state index contributed by atoms with van der Waals surface area (Å²) in [5.74, 6) is 0.648. The second kappa shape index (κ2) is 22.9. The Kier molecular flexibility index (Phi) is 18.7. The van der Waals surface area contributed by atoms with Crippen molar-refractivity contribution in [3.8, 4) is 11.1 Å². The van der Waals surface area contributed by atoms with Crippen LogP contribution in [0.1, 0.15) is 70.3 Å². The number of rotatable bonds is 16. The molecule has 1 aromatic carbocycles. The highest BCUT2D eigenvalue weighted by molar-refractivity contribution is 7.17. The summed E-state index contributed by atoms with van der Waals surface area (Å²) in [5.41, 5.74) is 5.03. The zero-order valence-corrected chi connectivity index (χ0v) is 36.7. The van der Waals surface area contributed by atoms with Crippen LogP contribution in [0.4, 0.5) is 14.6 Å². The lowest BCUT2D eigenvalue weighted by atomic mass is 10.0. The smallest absolute Gasteiger partial charge is 0.302 e. The number of hydrogen-bond acceptors (Lipinski definition) is 10. The third-order valence-corrected chi connectivity index (χ3v) is 9.56. The Morgan fingerprint density at radius 2 is 1.85 bits per heavy atom. The van der Waals surface area contributed by atoms with Crippen LogP contribution in [-0.4, -0.2) is 103 Å². The maximum atomic E-state index is 13.9. The summed E-state index contributed by atoms with van der Waals surface area (Å²) in [7, 11) is 8.31. The lowest BCUT2D eigenvalue weighted by Crippen LogP contribution is -2.55. The number of halogens is 2. The van der Waals surface area contributed by atoms with Crippen molar-refractivity contribution >= 4 is 45.0 Å². The summed E-state index contributed by atoms with van der Waals surface area (Å²) in [6.07, 6.45) is 13.8. The first-order valence-corrected chi connectivity index (χ1v) is 20.2. The number of pyridine rings is 1. The molecule has 3 heterocycles. The van der Waals surface area contributed by atoms with Crippen LogP contribution in [-0.2, 0) is 26.5 Å². The number of methoxy groups -OCH3 is 1. The van der Waals surface area contributed by atoms with Crippen molar-refractivity contribution in [1.29, 1.82) is 5.41 Å². The fourth-order valence-electron chi connectivity index (χ4n) is 5.82. The van der Waals surface area contributed by atoms with Gasteiger partial charge in [-0.2, -0.15) is 13.9 Å². The molecular formula is C43H61F2N10O3P. The highest BCUT2D eigenvalue weighted by Gasteiger charge is 2.35. The van der Waals surface area contributed by atoms with E-state index < -0.39 is 22.9 Å². The summed E-state index contributed by atoms with van der Waals surface area (Å²) in [6, 6.07) is 12.4. The van der Waals surface area contributed by atoms with E-state index in [1.807, 2.05) is 66.7 Å². The zero-order chi connectivity index (χ0) is 43.8. The van der Waals surface area contributed by atoms with Gasteiger partial charge >= 0.3 is 5.66 Å². The Hall–Kier alpha value is -5.14. The molecule has 1 saturated carbocycles. The van der Waals surface area contributed by atoms with E-state index in [1.54, 1.807) is 40.4 Å². The molecule has 1 aliphatic heterocycles. The summed E-state index contributed by atoms with van der Waals surface area (Å²) >= 11 is 0. The van der Waals surface area contributed by atoms with Crippen LogP contribution < -0.4 is 16.4 Å². The number of ether oxygens (including phenoxy) is 1. The topological polar surface area (TPSA) is 176 Å². The number of likely N-dealkylation sites (N-methyl/N-ethyl adjacent to an activating group) is 1. The maximum absolute atomic E-state index is 13.9. The lowest BCUT2D eigenvalue weighted by Gasteiger charge is -2.30. The normalized spacial score (nSPS) is 15.1. The van der Waals surface area contributed by atoms with Gasteiger partial charge in [0.2, 0.25) is 11.8 Å². The van der Waals surface area contributed by atoms with Crippen LogP contribution in [0.5, 0.6) is 0 Å². The van der Waals surface area contributed by atoms with Gasteiger partial charge < -0.3 is 26.0 Å². The van der Waals surface area contributed by atoms with Crippen molar-refractivity contribution in [3.05, 3.63) is 89.5 Å². The van der Waals surface area contributed by atoms with Crippen molar-refractivity contribution in [2.75, 3.05) is 47.1 Å². The molecule has 1 aliphatic carbocycles. The fraction of sp³-hybridized carbons (Fsp3) is 0.465. The number of nitrogens with two attached hydrogens (primary N) is 1. The Morgan fingerprint density at radius 1 is 1.15 bits per heavy atom. The van der Waals surface area contributed by atoms with E-state index >= 15 is 0 Å². The summed E-state index contributed by atoms with van der Waals surface area (Å²) in [6.45, 7) is 9.51. The van der Waals surface area contributed by atoms with Gasteiger partial charge in [-0.15, -0.1) is 0 Å². The highest BCUT2D eigenvalue weighted by Crippen LogP contribution is 2.34. The molecule has 5 rings (SSSR count). The Morgan fingerprint density at radius 3 is 2.41 bits per heavy atom. The predicted octanol–water partition coefficient (Wildman–Crippen LogP) is 6.50. The van der Waals surface area contributed by atoms with E-state index in [0.29, 0.717) is 12.2 Å². The minimum Gasteiger partial charge on any atom is -0.384 e. The van der Waals surface area contributed by atoms with Gasteiger partial charge in [-0.25, -0.2) is 4.98 Å². The molecule has 2 amide bonds. The van der Waals surface area contributed by atoms with E-state index in [1.165, 1.54) is 33.6 Å². The number of nitrogens with zero attached hydrogens (tertiary/aromatic N) is 6. The molecular weight excluding hydrogens is 774 g/mol. The summed E-state index contributed by atoms with van der Waals surface area (Å²) < 4.78 is 34.1. The van der Waals surface area contributed by atoms with Gasteiger partial charge in [-0.1, -0.05) is 72.0 Å². The minimum absolute atomic E-state index is 0.0172. The number of nitrogen functional groups attached to an aromatic ring is 1. The fourth-order valence-corrected chi connectivity index (χ4v) is 5.96. The van der Waals surface area contributed by atoms with Gasteiger partial charge in [-0.05, 0) is 55.9 Å². The molecule has 0 radical (unpaired) electrons. The van der Waals surface area contributed by atoms with E-state index in [-0.39, 0.29) is 35.7 Å². The van der Waals surface area contributed by atoms with E-state index in [9.17, 15) is 18.4 Å². The average Bonchev–Trinajstić information content (AvgIpc) is 3.95. The number of carbonyl (C=O) groups excluding carboxylic acids is 2. The third kappa shape index (κ3) is 16.2. The molecule has 2 aliphatic rings. The van der Waals surface area contributed by atoms with E-state index in [2.05, 4.69) is 44.5 Å². The van der Waals surface area contributed by atoms with E-state index in [4.69, 9.17) is 15.9 Å². The van der Waals surface area contributed by atoms with Crippen LogP contribution in [0.15, 0.2) is 82.6 Å². The quantitative estimate of drug-likeness (QED) is 0.0941. The van der Waals surface area contributed by atoms with E-state index in [0.717, 1.165) is 60.2 Å². The molecule has 320 valence electrons. The number of benzene rings is 1. The standard InChI is InChI=1S/C24H34F2N7O2P.C13H13N3.C6H14O/c1-23(2,14-33-19(17(27)12-28-3)11-20(31-33)24(25,26)36)30-22(35)18(29-21(34)16-7-8-16)10-15-6-5-9-32(4)13-15;1-15-8-12-7-11(9-16-13(12)14)10-5-3-2-4-6-10;1-4-6(2)5-7-3/h5-6,11-13,16,18,27H,7-10,14,36H2,1-4H3,(H,29,34)(H,30,35);2-9H,1H3,(H2,14,16);6H,4-5H2,1-3H3. The number of anilines is 1. The molecule has 0 spiro atoms. The molecule has 59 heavy (non-hydrogen) atoms. The van der Waals surface area contributed by atoms with Crippen LogP contribution >= 0.6 is 9.24 Å². The molecule has 0 bridgehead atoms. The van der Waals surface area contributed by atoms with Gasteiger partial charge in [0.15, 0.2) is 0 Å².